The minimum atomic E-state index is -1.33. The monoisotopic (exact) mass is 290 g/mol. The van der Waals surface area contributed by atoms with Crippen molar-refractivity contribution in [2.24, 2.45) is 0 Å². The van der Waals surface area contributed by atoms with Crippen LogP contribution < -0.4 is 0 Å². The summed E-state index contributed by atoms with van der Waals surface area (Å²) in [7, 11) is -1.33. The standard InChI is InChI=1S/C19H18OSi/c1-21(2,3)15-14-18-8-6-16(7-9-18)4-5-17-10-12-19(20)13-11-17/h6-13,20H,1-3H3. The lowest BCUT2D eigenvalue weighted by molar-refractivity contribution is 0.475. The number of phenols is 1. The third kappa shape index (κ3) is 5.22. The van der Waals surface area contributed by atoms with Crippen LogP contribution in [0.25, 0.3) is 0 Å². The Labute approximate surface area is 127 Å². The van der Waals surface area contributed by atoms with Gasteiger partial charge in [-0.15, -0.1) is 5.54 Å². The van der Waals surface area contributed by atoms with Crippen molar-refractivity contribution in [2.45, 2.75) is 19.6 Å². The molecule has 0 saturated carbocycles. The zero-order valence-electron chi connectivity index (χ0n) is 12.6. The van der Waals surface area contributed by atoms with E-state index in [1.807, 2.05) is 24.3 Å². The summed E-state index contributed by atoms with van der Waals surface area (Å²) in [5.41, 5.74) is 6.23. The van der Waals surface area contributed by atoms with Crippen molar-refractivity contribution in [3.05, 3.63) is 65.2 Å². The summed E-state index contributed by atoms with van der Waals surface area (Å²) in [5.74, 6) is 9.67. The van der Waals surface area contributed by atoms with Gasteiger partial charge in [-0.3, -0.25) is 0 Å². The van der Waals surface area contributed by atoms with Crippen molar-refractivity contribution in [1.29, 1.82) is 0 Å². The molecule has 1 nitrogen and oxygen atoms in total. The largest absolute Gasteiger partial charge is 0.508 e. The molecule has 0 atom stereocenters. The van der Waals surface area contributed by atoms with Gasteiger partial charge in [0.25, 0.3) is 0 Å². The van der Waals surface area contributed by atoms with E-state index in [0.717, 1.165) is 16.7 Å². The van der Waals surface area contributed by atoms with Crippen LogP contribution in [0.4, 0.5) is 0 Å². The second kappa shape index (κ2) is 6.35. The van der Waals surface area contributed by atoms with Crippen LogP contribution in [-0.2, 0) is 0 Å². The Hall–Kier alpha value is -2.42. The van der Waals surface area contributed by atoms with Gasteiger partial charge >= 0.3 is 0 Å². The van der Waals surface area contributed by atoms with Crippen molar-refractivity contribution < 1.29 is 5.11 Å². The van der Waals surface area contributed by atoms with E-state index in [0.29, 0.717) is 0 Å². The summed E-state index contributed by atoms with van der Waals surface area (Å²) < 4.78 is 0. The van der Waals surface area contributed by atoms with Gasteiger partial charge < -0.3 is 5.11 Å². The summed E-state index contributed by atoms with van der Waals surface area (Å²) in [4.78, 5) is 0. The molecule has 21 heavy (non-hydrogen) atoms. The van der Waals surface area contributed by atoms with Gasteiger partial charge in [0.2, 0.25) is 0 Å². The molecule has 2 aromatic rings. The first-order chi connectivity index (χ1) is 9.92. The zero-order chi connectivity index (χ0) is 15.3. The lowest BCUT2D eigenvalue weighted by Crippen LogP contribution is -2.16. The van der Waals surface area contributed by atoms with Crippen LogP contribution >= 0.6 is 0 Å². The fourth-order valence-corrected chi connectivity index (χ4v) is 2.11. The molecule has 2 heteroatoms. The molecule has 0 aliphatic carbocycles. The first kappa shape index (κ1) is 15.0. The van der Waals surface area contributed by atoms with Crippen LogP contribution in [0.5, 0.6) is 5.75 Å². The van der Waals surface area contributed by atoms with Crippen molar-refractivity contribution in [1.82, 2.24) is 0 Å². The Morgan fingerprint density at radius 1 is 0.667 bits per heavy atom. The van der Waals surface area contributed by atoms with E-state index in [1.54, 1.807) is 24.3 Å². The van der Waals surface area contributed by atoms with Gasteiger partial charge in [-0.2, -0.15) is 0 Å². The molecule has 0 amide bonds. The van der Waals surface area contributed by atoms with Crippen LogP contribution in [0, 0.1) is 23.3 Å². The Balaban J connectivity index is 2.13. The molecule has 0 unspecified atom stereocenters. The molecule has 0 bridgehead atoms. The molecule has 0 aliphatic rings. The normalized spacial score (nSPS) is 10.0. The summed E-state index contributed by atoms with van der Waals surface area (Å²) in [6, 6.07) is 14.9. The topological polar surface area (TPSA) is 20.2 Å². The predicted molar refractivity (Wildman–Crippen MR) is 90.8 cm³/mol. The highest BCUT2D eigenvalue weighted by Crippen LogP contribution is 2.09. The highest BCUT2D eigenvalue weighted by molar-refractivity contribution is 6.83. The lowest BCUT2D eigenvalue weighted by Gasteiger charge is -2.03. The second-order valence-electron chi connectivity index (χ2n) is 5.87. The first-order valence-corrected chi connectivity index (χ1v) is 10.4. The minimum Gasteiger partial charge on any atom is -0.508 e. The van der Waals surface area contributed by atoms with Crippen molar-refractivity contribution in [2.75, 3.05) is 0 Å². The Morgan fingerprint density at radius 2 is 1.05 bits per heavy atom. The minimum absolute atomic E-state index is 0.255. The van der Waals surface area contributed by atoms with Crippen LogP contribution in [-0.4, -0.2) is 13.2 Å². The zero-order valence-corrected chi connectivity index (χ0v) is 13.6. The number of rotatable bonds is 0. The first-order valence-electron chi connectivity index (χ1n) is 6.87. The maximum Gasteiger partial charge on any atom is 0.129 e. The lowest BCUT2D eigenvalue weighted by atomic mass is 10.1. The quantitative estimate of drug-likeness (QED) is 0.574. The Kier molecular flexibility index (Phi) is 4.53. The molecule has 104 valence electrons. The molecular formula is C19H18OSi. The maximum absolute atomic E-state index is 9.22. The van der Waals surface area contributed by atoms with Gasteiger partial charge in [-0.05, 0) is 48.5 Å². The predicted octanol–water partition coefficient (Wildman–Crippen LogP) is 4.02. The maximum atomic E-state index is 9.22. The number of hydrogen-bond donors (Lipinski definition) is 1. The molecule has 2 rings (SSSR count). The molecule has 0 aliphatic heterocycles. The summed E-state index contributed by atoms with van der Waals surface area (Å²) in [6.45, 7) is 6.70. The summed E-state index contributed by atoms with van der Waals surface area (Å²) in [6.07, 6.45) is 0. The van der Waals surface area contributed by atoms with Crippen molar-refractivity contribution in [3.63, 3.8) is 0 Å². The number of phenolic OH excluding ortho intramolecular Hbond substituents is 1. The van der Waals surface area contributed by atoms with Crippen LogP contribution in [0.1, 0.15) is 16.7 Å². The van der Waals surface area contributed by atoms with Gasteiger partial charge in [0, 0.05) is 16.7 Å². The molecule has 0 fully saturated rings. The van der Waals surface area contributed by atoms with Crippen molar-refractivity contribution >= 4 is 8.07 Å². The second-order valence-corrected chi connectivity index (χ2v) is 10.6. The van der Waals surface area contributed by atoms with Crippen LogP contribution in [0.15, 0.2) is 48.5 Å². The van der Waals surface area contributed by atoms with Crippen molar-refractivity contribution in [3.8, 4) is 29.1 Å². The summed E-state index contributed by atoms with van der Waals surface area (Å²) in [5, 5.41) is 9.22. The number of hydrogen-bond acceptors (Lipinski definition) is 1. The van der Waals surface area contributed by atoms with Gasteiger partial charge in [-0.1, -0.05) is 37.4 Å². The SMILES string of the molecule is C[Si](C)(C)C#Cc1ccc(C#Cc2ccc(O)cc2)cc1. The van der Waals surface area contributed by atoms with E-state index >= 15 is 0 Å². The highest BCUT2D eigenvalue weighted by Gasteiger charge is 2.07. The van der Waals surface area contributed by atoms with E-state index in [1.165, 1.54) is 0 Å². The molecule has 1 N–H and O–H groups in total. The molecule has 2 aromatic carbocycles. The molecular weight excluding hydrogens is 272 g/mol. The van der Waals surface area contributed by atoms with Gasteiger partial charge in [-0.25, -0.2) is 0 Å². The molecule has 0 heterocycles. The van der Waals surface area contributed by atoms with E-state index < -0.39 is 8.07 Å². The Bertz CT molecular complexity index is 727. The molecule has 0 radical (unpaired) electrons. The molecule has 0 spiro atoms. The van der Waals surface area contributed by atoms with Gasteiger partial charge in [0.05, 0.1) is 0 Å². The third-order valence-corrected chi connectivity index (χ3v) is 3.56. The smallest absolute Gasteiger partial charge is 0.129 e. The van der Waals surface area contributed by atoms with E-state index in [-0.39, 0.29) is 5.75 Å². The van der Waals surface area contributed by atoms with Crippen LogP contribution in [0.3, 0.4) is 0 Å². The van der Waals surface area contributed by atoms with Crippen LogP contribution in [0.2, 0.25) is 19.6 Å². The highest BCUT2D eigenvalue weighted by atomic mass is 28.3. The summed E-state index contributed by atoms with van der Waals surface area (Å²) >= 11 is 0. The molecule has 0 saturated heterocycles. The van der Waals surface area contributed by atoms with Gasteiger partial charge in [0.1, 0.15) is 13.8 Å². The van der Waals surface area contributed by atoms with E-state index in [2.05, 4.69) is 42.9 Å². The number of benzene rings is 2. The number of aromatic hydroxyl groups is 1. The van der Waals surface area contributed by atoms with Gasteiger partial charge in [0.15, 0.2) is 0 Å². The third-order valence-electron chi connectivity index (χ3n) is 2.69. The average molecular weight is 290 g/mol. The fraction of sp³-hybridized carbons (Fsp3) is 0.158. The van der Waals surface area contributed by atoms with E-state index in [9.17, 15) is 5.11 Å². The average Bonchev–Trinajstić information content (AvgIpc) is 2.45. The van der Waals surface area contributed by atoms with E-state index in [4.69, 9.17) is 0 Å². The Morgan fingerprint density at radius 3 is 1.48 bits per heavy atom. The molecule has 0 aromatic heterocycles. The fourth-order valence-electron chi connectivity index (χ4n) is 1.59.